The van der Waals surface area contributed by atoms with Crippen LogP contribution in [0.4, 0.5) is 0 Å². The molecule has 0 unspecified atom stereocenters. The Balaban J connectivity index is 2.14. The summed E-state index contributed by atoms with van der Waals surface area (Å²) in [5.41, 5.74) is 0.760. The highest BCUT2D eigenvalue weighted by Crippen LogP contribution is 2.26. The lowest BCUT2D eigenvalue weighted by atomic mass is 10.2. The molecule has 4 heteroatoms. The summed E-state index contributed by atoms with van der Waals surface area (Å²) in [4.78, 5) is 10.5. The van der Waals surface area contributed by atoms with Gasteiger partial charge in [0.05, 0.1) is 6.61 Å². The first-order valence-corrected chi connectivity index (χ1v) is 6.59. The van der Waals surface area contributed by atoms with Gasteiger partial charge in [-0.3, -0.25) is 0 Å². The van der Waals surface area contributed by atoms with Crippen molar-refractivity contribution in [3.8, 4) is 17.2 Å². The molecule has 0 aliphatic carbocycles. The molecular weight excluding hydrogens is 268 g/mol. The lowest BCUT2D eigenvalue weighted by molar-refractivity contribution is -0.131. The maximum absolute atomic E-state index is 10.5. The highest BCUT2D eigenvalue weighted by atomic mass is 16.5. The summed E-state index contributed by atoms with van der Waals surface area (Å²) in [5.74, 6) is 1.07. The molecule has 0 bridgehead atoms. The molecule has 0 aromatic heterocycles. The van der Waals surface area contributed by atoms with Gasteiger partial charge in [0.25, 0.3) is 0 Å². The van der Waals surface area contributed by atoms with Crippen molar-refractivity contribution in [1.82, 2.24) is 0 Å². The molecule has 2 rings (SSSR count). The smallest absolute Gasteiger partial charge is 0.328 e. The first-order valence-electron chi connectivity index (χ1n) is 6.59. The van der Waals surface area contributed by atoms with E-state index >= 15 is 0 Å². The van der Waals surface area contributed by atoms with E-state index in [1.54, 1.807) is 6.07 Å². The van der Waals surface area contributed by atoms with Gasteiger partial charge in [0.1, 0.15) is 17.2 Å². The van der Waals surface area contributed by atoms with Gasteiger partial charge < -0.3 is 14.6 Å². The lowest BCUT2D eigenvalue weighted by Gasteiger charge is -2.08. The van der Waals surface area contributed by atoms with Crippen LogP contribution < -0.4 is 9.47 Å². The summed E-state index contributed by atoms with van der Waals surface area (Å²) in [6, 6.07) is 14.6. The van der Waals surface area contributed by atoms with E-state index in [1.807, 2.05) is 49.4 Å². The van der Waals surface area contributed by atoms with Crippen molar-refractivity contribution in [2.24, 2.45) is 0 Å². The molecule has 2 aromatic rings. The van der Waals surface area contributed by atoms with Crippen LogP contribution in [-0.2, 0) is 4.79 Å². The van der Waals surface area contributed by atoms with Crippen LogP contribution in [0.1, 0.15) is 12.5 Å². The molecule has 2 aromatic carbocycles. The van der Waals surface area contributed by atoms with Crippen molar-refractivity contribution in [3.63, 3.8) is 0 Å². The number of carbonyl (C=O) groups is 1. The quantitative estimate of drug-likeness (QED) is 0.815. The number of benzene rings is 2. The summed E-state index contributed by atoms with van der Waals surface area (Å²) >= 11 is 0. The summed E-state index contributed by atoms with van der Waals surface area (Å²) in [7, 11) is 0. The Morgan fingerprint density at radius 1 is 1.10 bits per heavy atom. The van der Waals surface area contributed by atoms with Crippen molar-refractivity contribution in [1.29, 1.82) is 0 Å². The van der Waals surface area contributed by atoms with Crippen molar-refractivity contribution in [2.75, 3.05) is 6.61 Å². The van der Waals surface area contributed by atoms with Gasteiger partial charge in [-0.05, 0) is 42.8 Å². The zero-order valence-electron chi connectivity index (χ0n) is 11.7. The second-order valence-corrected chi connectivity index (χ2v) is 4.25. The third kappa shape index (κ3) is 4.69. The molecule has 0 saturated carbocycles. The number of ether oxygens (including phenoxy) is 2. The summed E-state index contributed by atoms with van der Waals surface area (Å²) < 4.78 is 11.2. The van der Waals surface area contributed by atoms with Gasteiger partial charge in [0.2, 0.25) is 0 Å². The number of aliphatic carboxylic acids is 1. The first-order chi connectivity index (χ1) is 10.2. The van der Waals surface area contributed by atoms with E-state index in [2.05, 4.69) is 0 Å². The minimum Gasteiger partial charge on any atom is -0.494 e. The molecule has 1 N–H and O–H groups in total. The zero-order chi connectivity index (χ0) is 15.1. The lowest BCUT2D eigenvalue weighted by Crippen LogP contribution is -1.92. The molecule has 0 radical (unpaired) electrons. The summed E-state index contributed by atoms with van der Waals surface area (Å²) in [6.07, 6.45) is 2.61. The second kappa shape index (κ2) is 7.14. The van der Waals surface area contributed by atoms with Gasteiger partial charge in [-0.2, -0.15) is 0 Å². The molecule has 0 fully saturated rings. The minimum atomic E-state index is -0.981. The van der Waals surface area contributed by atoms with E-state index in [0.29, 0.717) is 18.1 Å². The van der Waals surface area contributed by atoms with Crippen molar-refractivity contribution >= 4 is 12.0 Å². The van der Waals surface area contributed by atoms with Gasteiger partial charge >= 0.3 is 5.97 Å². The SMILES string of the molecule is CCOc1cccc(Oc2cccc(C=CC(=O)O)c2)c1. The van der Waals surface area contributed by atoms with Crippen LogP contribution in [0.15, 0.2) is 54.6 Å². The Bertz CT molecular complexity index is 647. The molecule has 0 saturated heterocycles. The standard InChI is InChI=1S/C17H16O4/c1-2-20-14-6-4-8-16(12-14)21-15-7-3-5-13(11-15)9-10-17(18)19/h3-12H,2H2,1H3,(H,18,19). The minimum absolute atomic E-state index is 0.596. The molecule has 0 aliphatic heterocycles. The van der Waals surface area contributed by atoms with Crippen molar-refractivity contribution < 1.29 is 19.4 Å². The normalized spacial score (nSPS) is 10.5. The van der Waals surface area contributed by atoms with Crippen LogP contribution in [0.2, 0.25) is 0 Å². The highest BCUT2D eigenvalue weighted by Gasteiger charge is 2.00. The molecular formula is C17H16O4. The van der Waals surface area contributed by atoms with Crippen LogP contribution in [0.25, 0.3) is 6.08 Å². The molecule has 4 nitrogen and oxygen atoms in total. The fourth-order valence-corrected chi connectivity index (χ4v) is 1.78. The van der Waals surface area contributed by atoms with E-state index in [0.717, 1.165) is 17.4 Å². The predicted octanol–water partition coefficient (Wildman–Crippen LogP) is 3.98. The molecule has 0 spiro atoms. The topological polar surface area (TPSA) is 55.8 Å². The number of carboxylic acid groups (broad SMARTS) is 1. The van der Waals surface area contributed by atoms with Gasteiger partial charge in [0, 0.05) is 12.1 Å². The largest absolute Gasteiger partial charge is 0.494 e. The maximum Gasteiger partial charge on any atom is 0.328 e. The van der Waals surface area contributed by atoms with Crippen LogP contribution in [0, 0.1) is 0 Å². The Kier molecular flexibility index (Phi) is 4.99. The summed E-state index contributed by atoms with van der Waals surface area (Å²) in [6.45, 7) is 2.52. The summed E-state index contributed by atoms with van der Waals surface area (Å²) in [5, 5.41) is 8.63. The molecule has 108 valence electrons. The average Bonchev–Trinajstić information content (AvgIpc) is 2.46. The molecule has 0 aliphatic rings. The fourth-order valence-electron chi connectivity index (χ4n) is 1.78. The Morgan fingerprint density at radius 2 is 1.76 bits per heavy atom. The Labute approximate surface area is 123 Å². The number of rotatable bonds is 6. The first kappa shape index (κ1) is 14.7. The monoisotopic (exact) mass is 284 g/mol. The van der Waals surface area contributed by atoms with E-state index in [9.17, 15) is 4.79 Å². The van der Waals surface area contributed by atoms with Gasteiger partial charge in [-0.15, -0.1) is 0 Å². The van der Waals surface area contributed by atoms with Crippen LogP contribution in [0.5, 0.6) is 17.2 Å². The van der Waals surface area contributed by atoms with E-state index in [4.69, 9.17) is 14.6 Å². The van der Waals surface area contributed by atoms with E-state index in [1.165, 1.54) is 6.08 Å². The van der Waals surface area contributed by atoms with Gasteiger partial charge in [-0.1, -0.05) is 18.2 Å². The van der Waals surface area contributed by atoms with E-state index in [-0.39, 0.29) is 0 Å². The number of carboxylic acids is 1. The third-order valence-electron chi connectivity index (χ3n) is 2.63. The average molecular weight is 284 g/mol. The molecule has 0 atom stereocenters. The van der Waals surface area contributed by atoms with E-state index < -0.39 is 5.97 Å². The third-order valence-corrected chi connectivity index (χ3v) is 2.63. The van der Waals surface area contributed by atoms with Crippen LogP contribution in [0.3, 0.4) is 0 Å². The number of hydrogen-bond donors (Lipinski definition) is 1. The fraction of sp³-hybridized carbons (Fsp3) is 0.118. The maximum atomic E-state index is 10.5. The van der Waals surface area contributed by atoms with Crippen molar-refractivity contribution in [2.45, 2.75) is 6.92 Å². The van der Waals surface area contributed by atoms with Crippen LogP contribution in [-0.4, -0.2) is 17.7 Å². The number of hydrogen-bond acceptors (Lipinski definition) is 3. The molecule has 21 heavy (non-hydrogen) atoms. The molecule has 0 amide bonds. The van der Waals surface area contributed by atoms with Gasteiger partial charge in [-0.25, -0.2) is 4.79 Å². The van der Waals surface area contributed by atoms with Crippen molar-refractivity contribution in [3.05, 3.63) is 60.2 Å². The molecule has 0 heterocycles. The Hall–Kier alpha value is -2.75. The zero-order valence-corrected chi connectivity index (χ0v) is 11.7. The Morgan fingerprint density at radius 3 is 2.48 bits per heavy atom. The second-order valence-electron chi connectivity index (χ2n) is 4.25. The van der Waals surface area contributed by atoms with Gasteiger partial charge in [0.15, 0.2) is 0 Å². The highest BCUT2D eigenvalue weighted by molar-refractivity contribution is 5.85. The predicted molar refractivity (Wildman–Crippen MR) is 80.8 cm³/mol. The van der Waals surface area contributed by atoms with Crippen LogP contribution >= 0.6 is 0 Å².